The third kappa shape index (κ3) is 0.881. The highest BCUT2D eigenvalue weighted by molar-refractivity contribution is 5.41. The minimum absolute atomic E-state index is 0.157. The summed E-state index contributed by atoms with van der Waals surface area (Å²) >= 11 is 0. The molecule has 2 aromatic rings. The van der Waals surface area contributed by atoms with Crippen LogP contribution < -0.4 is 5.56 Å². The molecular formula is C7H5N3O. The Balaban J connectivity index is 3.03. The van der Waals surface area contributed by atoms with Gasteiger partial charge in [0.25, 0.3) is 5.56 Å². The van der Waals surface area contributed by atoms with Crippen LogP contribution >= 0.6 is 0 Å². The topological polar surface area (TPSA) is 47.3 Å². The molecule has 2 heterocycles. The van der Waals surface area contributed by atoms with Gasteiger partial charge in [0.1, 0.15) is 6.33 Å². The molecule has 54 valence electrons. The summed E-state index contributed by atoms with van der Waals surface area (Å²) in [6.45, 7) is 0. The van der Waals surface area contributed by atoms with Crippen molar-refractivity contribution in [2.45, 2.75) is 0 Å². The van der Waals surface area contributed by atoms with Crippen LogP contribution in [0.2, 0.25) is 0 Å². The van der Waals surface area contributed by atoms with E-state index >= 15 is 0 Å². The molecule has 0 fully saturated rings. The van der Waals surface area contributed by atoms with E-state index in [-0.39, 0.29) is 5.56 Å². The minimum Gasteiger partial charge on any atom is -0.267 e. The van der Waals surface area contributed by atoms with Crippen molar-refractivity contribution in [3.63, 3.8) is 0 Å². The van der Waals surface area contributed by atoms with Crippen molar-refractivity contribution in [1.82, 2.24) is 14.4 Å². The molecule has 2 aromatic heterocycles. The Morgan fingerprint density at radius 2 is 2.18 bits per heavy atom. The van der Waals surface area contributed by atoms with Gasteiger partial charge in [0.15, 0.2) is 0 Å². The summed E-state index contributed by atoms with van der Waals surface area (Å²) in [6, 6.07) is 1.73. The van der Waals surface area contributed by atoms with Crippen molar-refractivity contribution in [3.8, 4) is 0 Å². The minimum atomic E-state index is -0.157. The summed E-state index contributed by atoms with van der Waals surface area (Å²) in [4.78, 5) is 18.6. The normalized spacial score (nSPS) is 10.2. The van der Waals surface area contributed by atoms with Crippen molar-refractivity contribution in [2.75, 3.05) is 0 Å². The zero-order valence-electron chi connectivity index (χ0n) is 5.64. The van der Waals surface area contributed by atoms with Crippen LogP contribution in [0.5, 0.6) is 0 Å². The molecule has 0 spiro atoms. The van der Waals surface area contributed by atoms with Crippen LogP contribution in [-0.2, 0) is 0 Å². The summed E-state index contributed by atoms with van der Waals surface area (Å²) < 4.78 is 1.44. The number of rotatable bonds is 0. The Morgan fingerprint density at radius 3 is 3.00 bits per heavy atom. The molecule has 0 amide bonds. The quantitative estimate of drug-likeness (QED) is 0.530. The number of fused-ring (bicyclic) bond motifs is 1. The molecule has 0 unspecified atom stereocenters. The van der Waals surface area contributed by atoms with Crippen molar-refractivity contribution in [3.05, 3.63) is 41.3 Å². The first-order chi connectivity index (χ1) is 5.38. The van der Waals surface area contributed by atoms with Gasteiger partial charge in [0.2, 0.25) is 0 Å². The zero-order chi connectivity index (χ0) is 7.68. The maximum absolute atomic E-state index is 11.0. The zero-order valence-corrected chi connectivity index (χ0v) is 5.64. The number of hydrogen-bond donors (Lipinski definition) is 0. The maximum atomic E-state index is 11.0. The predicted molar refractivity (Wildman–Crippen MR) is 39.3 cm³/mol. The maximum Gasteiger partial charge on any atom is 0.274 e. The lowest BCUT2D eigenvalue weighted by Gasteiger charge is -1.94. The van der Waals surface area contributed by atoms with Crippen LogP contribution in [0, 0.1) is 0 Å². The first-order valence-electron chi connectivity index (χ1n) is 3.14. The van der Waals surface area contributed by atoms with E-state index in [1.54, 1.807) is 18.5 Å². The summed E-state index contributed by atoms with van der Waals surface area (Å²) in [6.07, 6.45) is 5.97. The highest BCUT2D eigenvalue weighted by Gasteiger charge is 1.91. The molecule has 0 aromatic carbocycles. The third-order valence-electron chi connectivity index (χ3n) is 1.42. The molecule has 0 radical (unpaired) electrons. The molecule has 11 heavy (non-hydrogen) atoms. The number of nitrogens with zero attached hydrogens (tertiary/aromatic N) is 3. The van der Waals surface area contributed by atoms with E-state index in [4.69, 9.17) is 0 Å². The van der Waals surface area contributed by atoms with Gasteiger partial charge in [-0.1, -0.05) is 0 Å². The fourth-order valence-electron chi connectivity index (χ4n) is 0.900. The molecule has 0 saturated heterocycles. The summed E-state index contributed by atoms with van der Waals surface area (Å²) in [7, 11) is 0. The van der Waals surface area contributed by atoms with E-state index in [1.807, 2.05) is 0 Å². The molecule has 0 aliphatic rings. The Bertz CT molecular complexity index is 429. The predicted octanol–water partition coefficient (Wildman–Crippen LogP) is 0.0895. The smallest absolute Gasteiger partial charge is 0.267 e. The van der Waals surface area contributed by atoms with E-state index in [2.05, 4.69) is 9.97 Å². The van der Waals surface area contributed by atoms with Crippen molar-refractivity contribution in [1.29, 1.82) is 0 Å². The SMILES string of the molecule is O=c1cncc2ccncn12. The third-order valence-corrected chi connectivity index (χ3v) is 1.42. The van der Waals surface area contributed by atoms with Crippen molar-refractivity contribution >= 4 is 5.52 Å². The Hall–Kier alpha value is -1.71. The van der Waals surface area contributed by atoms with Gasteiger partial charge in [0.05, 0.1) is 17.9 Å². The largest absolute Gasteiger partial charge is 0.274 e. The van der Waals surface area contributed by atoms with Gasteiger partial charge >= 0.3 is 0 Å². The van der Waals surface area contributed by atoms with Gasteiger partial charge in [-0.05, 0) is 6.07 Å². The van der Waals surface area contributed by atoms with Crippen molar-refractivity contribution in [2.24, 2.45) is 0 Å². The molecule has 4 nitrogen and oxygen atoms in total. The van der Waals surface area contributed by atoms with Gasteiger partial charge in [0, 0.05) is 6.20 Å². The molecule has 0 aliphatic heterocycles. The van der Waals surface area contributed by atoms with E-state index in [0.29, 0.717) is 0 Å². The summed E-state index contributed by atoms with van der Waals surface area (Å²) in [5, 5.41) is 0. The fraction of sp³-hybridized carbons (Fsp3) is 0. The molecule has 2 rings (SSSR count). The molecule has 0 bridgehead atoms. The molecule has 0 aliphatic carbocycles. The Labute approximate surface area is 62.2 Å². The lowest BCUT2D eigenvalue weighted by molar-refractivity contribution is 0.999. The van der Waals surface area contributed by atoms with Crippen LogP contribution in [0.25, 0.3) is 5.52 Å². The Kier molecular flexibility index (Phi) is 1.18. The van der Waals surface area contributed by atoms with Crippen LogP contribution in [-0.4, -0.2) is 14.4 Å². The molecule has 0 atom stereocenters. The molecule has 0 saturated carbocycles. The van der Waals surface area contributed by atoms with E-state index in [9.17, 15) is 4.79 Å². The Morgan fingerprint density at radius 1 is 1.27 bits per heavy atom. The molecule has 4 heteroatoms. The van der Waals surface area contributed by atoms with Gasteiger partial charge in [-0.3, -0.25) is 14.2 Å². The number of hydrogen-bond acceptors (Lipinski definition) is 3. The second-order valence-corrected chi connectivity index (χ2v) is 2.12. The van der Waals surface area contributed by atoms with Crippen molar-refractivity contribution < 1.29 is 0 Å². The average Bonchev–Trinajstić information content (AvgIpc) is 2.06. The van der Waals surface area contributed by atoms with Crippen LogP contribution in [0.3, 0.4) is 0 Å². The molecular weight excluding hydrogens is 142 g/mol. The second kappa shape index (κ2) is 2.16. The van der Waals surface area contributed by atoms with E-state index < -0.39 is 0 Å². The highest BCUT2D eigenvalue weighted by atomic mass is 16.1. The van der Waals surface area contributed by atoms with Gasteiger partial charge in [-0.15, -0.1) is 0 Å². The fourth-order valence-corrected chi connectivity index (χ4v) is 0.900. The first-order valence-corrected chi connectivity index (χ1v) is 3.14. The van der Waals surface area contributed by atoms with Gasteiger partial charge in [-0.2, -0.15) is 0 Å². The van der Waals surface area contributed by atoms with Gasteiger partial charge < -0.3 is 0 Å². The second-order valence-electron chi connectivity index (χ2n) is 2.12. The van der Waals surface area contributed by atoms with Gasteiger partial charge in [-0.25, -0.2) is 4.98 Å². The van der Waals surface area contributed by atoms with Crippen LogP contribution in [0.4, 0.5) is 0 Å². The standard InChI is InChI=1S/C7H5N3O/c11-7-4-9-3-6-1-2-8-5-10(6)7/h1-5H. The lowest BCUT2D eigenvalue weighted by Crippen LogP contribution is -2.12. The summed E-state index contributed by atoms with van der Waals surface area (Å²) in [5.74, 6) is 0. The van der Waals surface area contributed by atoms with E-state index in [1.165, 1.54) is 16.9 Å². The highest BCUT2D eigenvalue weighted by Crippen LogP contribution is 1.91. The molecule has 0 N–H and O–H groups in total. The number of aromatic nitrogens is 3. The van der Waals surface area contributed by atoms with E-state index in [0.717, 1.165) is 5.52 Å². The average molecular weight is 147 g/mol. The first kappa shape index (κ1) is 6.03. The lowest BCUT2D eigenvalue weighted by atomic mass is 10.5. The monoisotopic (exact) mass is 147 g/mol. The summed E-state index contributed by atoms with van der Waals surface area (Å²) in [5.41, 5.74) is 0.600. The van der Waals surface area contributed by atoms with Crippen LogP contribution in [0.1, 0.15) is 0 Å². The van der Waals surface area contributed by atoms with Crippen LogP contribution in [0.15, 0.2) is 35.8 Å².